The van der Waals surface area contributed by atoms with Crippen LogP contribution in [0.1, 0.15) is 6.42 Å². The Morgan fingerprint density at radius 2 is 2.25 bits per heavy atom. The predicted molar refractivity (Wildman–Crippen MR) is 76.8 cm³/mol. The van der Waals surface area contributed by atoms with Crippen molar-refractivity contribution in [2.24, 2.45) is 0 Å². The number of hydrogen-bond donors (Lipinski definition) is 1. The lowest BCUT2D eigenvalue weighted by Gasteiger charge is -2.27. The number of amides is 1. The molecule has 0 radical (unpaired) electrons. The van der Waals surface area contributed by atoms with Crippen LogP contribution in [0.4, 0.5) is 0 Å². The molecule has 1 saturated heterocycles. The summed E-state index contributed by atoms with van der Waals surface area (Å²) in [5, 5.41) is 3.17. The van der Waals surface area contributed by atoms with Gasteiger partial charge in [-0.05, 0) is 18.6 Å². The first-order valence-electron chi connectivity index (χ1n) is 7.01. The molecule has 5 nitrogen and oxygen atoms in total. The third-order valence-electron chi connectivity index (χ3n) is 3.25. The molecule has 1 aromatic rings. The van der Waals surface area contributed by atoms with Crippen LogP contribution in [-0.4, -0.2) is 56.8 Å². The zero-order valence-corrected chi connectivity index (χ0v) is 11.9. The van der Waals surface area contributed by atoms with Crippen LogP contribution in [0.15, 0.2) is 30.3 Å². The largest absolute Gasteiger partial charge is 0.494 e. The molecule has 110 valence electrons. The molecule has 1 heterocycles. The topological polar surface area (TPSA) is 50.8 Å². The number of rotatable bonds is 6. The summed E-state index contributed by atoms with van der Waals surface area (Å²) in [6.45, 7) is 3.17. The highest BCUT2D eigenvalue weighted by Crippen LogP contribution is 2.08. The molecule has 1 aromatic carbocycles. The number of carbonyl (C=O) groups is 1. The van der Waals surface area contributed by atoms with Gasteiger partial charge >= 0.3 is 0 Å². The summed E-state index contributed by atoms with van der Waals surface area (Å²) in [5.41, 5.74) is 0. The summed E-state index contributed by atoms with van der Waals surface area (Å²) in [6, 6.07) is 9.50. The number of nitrogens with one attached hydrogen (secondary N) is 1. The molecule has 1 amide bonds. The van der Waals surface area contributed by atoms with Gasteiger partial charge in [-0.2, -0.15) is 0 Å². The van der Waals surface area contributed by atoms with Crippen molar-refractivity contribution in [1.82, 2.24) is 10.2 Å². The number of morpholine rings is 1. The third-order valence-corrected chi connectivity index (χ3v) is 3.25. The van der Waals surface area contributed by atoms with Gasteiger partial charge in [0, 0.05) is 20.1 Å². The van der Waals surface area contributed by atoms with E-state index < -0.39 is 0 Å². The second-order valence-electron chi connectivity index (χ2n) is 4.86. The van der Waals surface area contributed by atoms with Crippen molar-refractivity contribution >= 4 is 5.91 Å². The average Bonchev–Trinajstić information content (AvgIpc) is 2.52. The van der Waals surface area contributed by atoms with Gasteiger partial charge in [-0.1, -0.05) is 18.2 Å². The lowest BCUT2D eigenvalue weighted by Crippen LogP contribution is -2.51. The molecule has 0 saturated carbocycles. The summed E-state index contributed by atoms with van der Waals surface area (Å²) in [6.07, 6.45) is 0.810. The van der Waals surface area contributed by atoms with Crippen LogP contribution in [0.25, 0.3) is 0 Å². The van der Waals surface area contributed by atoms with E-state index in [1.165, 1.54) is 0 Å². The maximum Gasteiger partial charge on any atom is 0.241 e. The van der Waals surface area contributed by atoms with Gasteiger partial charge in [-0.3, -0.25) is 4.79 Å². The summed E-state index contributed by atoms with van der Waals surface area (Å²) in [7, 11) is 1.82. The summed E-state index contributed by atoms with van der Waals surface area (Å²) < 4.78 is 10.9. The van der Waals surface area contributed by atoms with Crippen LogP contribution in [0.5, 0.6) is 5.75 Å². The van der Waals surface area contributed by atoms with E-state index in [-0.39, 0.29) is 11.9 Å². The summed E-state index contributed by atoms with van der Waals surface area (Å²) in [5.74, 6) is 0.952. The molecule has 1 N–H and O–H groups in total. The zero-order valence-electron chi connectivity index (χ0n) is 11.9. The molecule has 1 unspecified atom stereocenters. The normalized spacial score (nSPS) is 18.6. The number of likely N-dealkylation sites (N-methyl/N-ethyl adjacent to an activating group) is 1. The van der Waals surface area contributed by atoms with Crippen LogP contribution in [0.3, 0.4) is 0 Å². The first-order valence-corrected chi connectivity index (χ1v) is 7.01. The van der Waals surface area contributed by atoms with Gasteiger partial charge in [-0.15, -0.1) is 0 Å². The molecule has 1 fully saturated rings. The van der Waals surface area contributed by atoms with Crippen LogP contribution in [-0.2, 0) is 9.53 Å². The van der Waals surface area contributed by atoms with Crippen molar-refractivity contribution in [1.29, 1.82) is 0 Å². The fourth-order valence-electron chi connectivity index (χ4n) is 2.11. The molecule has 0 aromatic heterocycles. The molecular formula is C15H22N2O3. The lowest BCUT2D eigenvalue weighted by molar-refractivity contribution is -0.135. The Morgan fingerprint density at radius 3 is 2.95 bits per heavy atom. The first-order chi connectivity index (χ1) is 9.77. The number of carbonyl (C=O) groups excluding carboxylic acids is 1. The van der Waals surface area contributed by atoms with Crippen molar-refractivity contribution in [2.75, 3.05) is 40.0 Å². The van der Waals surface area contributed by atoms with Gasteiger partial charge in [-0.25, -0.2) is 0 Å². The monoisotopic (exact) mass is 278 g/mol. The van der Waals surface area contributed by atoms with E-state index >= 15 is 0 Å². The highest BCUT2D eigenvalue weighted by molar-refractivity contribution is 5.81. The molecule has 20 heavy (non-hydrogen) atoms. The summed E-state index contributed by atoms with van der Waals surface area (Å²) in [4.78, 5) is 13.8. The van der Waals surface area contributed by atoms with E-state index in [4.69, 9.17) is 9.47 Å². The Labute approximate surface area is 119 Å². The Balaban J connectivity index is 1.64. The molecule has 0 bridgehead atoms. The van der Waals surface area contributed by atoms with Crippen LogP contribution >= 0.6 is 0 Å². The maximum absolute atomic E-state index is 12.1. The van der Waals surface area contributed by atoms with Crippen LogP contribution in [0.2, 0.25) is 0 Å². The van der Waals surface area contributed by atoms with Crippen molar-refractivity contribution in [3.63, 3.8) is 0 Å². The van der Waals surface area contributed by atoms with Crippen LogP contribution in [0, 0.1) is 0 Å². The number of nitrogens with zero attached hydrogens (tertiary/aromatic N) is 1. The second-order valence-corrected chi connectivity index (χ2v) is 4.86. The van der Waals surface area contributed by atoms with Gasteiger partial charge in [0.15, 0.2) is 0 Å². The number of para-hydroxylation sites is 1. The van der Waals surface area contributed by atoms with Gasteiger partial charge in [0.25, 0.3) is 0 Å². The van der Waals surface area contributed by atoms with E-state index in [9.17, 15) is 4.79 Å². The van der Waals surface area contributed by atoms with E-state index in [2.05, 4.69) is 5.32 Å². The van der Waals surface area contributed by atoms with E-state index in [1.807, 2.05) is 37.4 Å². The predicted octanol–water partition coefficient (Wildman–Crippen LogP) is 0.902. The molecule has 0 aliphatic carbocycles. The molecule has 1 atom stereocenters. The smallest absolute Gasteiger partial charge is 0.241 e. The minimum absolute atomic E-state index is 0.0874. The molecular weight excluding hydrogens is 256 g/mol. The number of hydrogen-bond acceptors (Lipinski definition) is 4. The van der Waals surface area contributed by atoms with Gasteiger partial charge in [0.05, 0.1) is 19.8 Å². The van der Waals surface area contributed by atoms with Gasteiger partial charge < -0.3 is 19.7 Å². The molecule has 0 spiro atoms. The standard InChI is InChI=1S/C15H22N2O3/c1-17(15(18)14-12-19-11-8-16-14)9-5-10-20-13-6-3-2-4-7-13/h2-4,6-7,14,16H,5,8-12H2,1H3. The summed E-state index contributed by atoms with van der Waals surface area (Å²) >= 11 is 0. The minimum Gasteiger partial charge on any atom is -0.494 e. The Kier molecular flexibility index (Phi) is 5.83. The molecule has 1 aliphatic rings. The fourth-order valence-corrected chi connectivity index (χ4v) is 2.11. The Hall–Kier alpha value is -1.59. The minimum atomic E-state index is -0.205. The highest BCUT2D eigenvalue weighted by atomic mass is 16.5. The number of benzene rings is 1. The quantitative estimate of drug-likeness (QED) is 0.786. The third kappa shape index (κ3) is 4.51. The van der Waals surface area contributed by atoms with E-state index in [0.29, 0.717) is 26.4 Å². The molecule has 2 rings (SSSR count). The highest BCUT2D eigenvalue weighted by Gasteiger charge is 2.23. The molecule has 5 heteroatoms. The van der Waals surface area contributed by atoms with Crippen molar-refractivity contribution in [3.05, 3.63) is 30.3 Å². The van der Waals surface area contributed by atoms with Crippen molar-refractivity contribution in [2.45, 2.75) is 12.5 Å². The average molecular weight is 278 g/mol. The van der Waals surface area contributed by atoms with Gasteiger partial charge in [0.2, 0.25) is 5.91 Å². The zero-order chi connectivity index (χ0) is 14.2. The number of ether oxygens (including phenoxy) is 2. The van der Waals surface area contributed by atoms with E-state index in [0.717, 1.165) is 18.7 Å². The first kappa shape index (κ1) is 14.8. The lowest BCUT2D eigenvalue weighted by atomic mass is 10.2. The van der Waals surface area contributed by atoms with E-state index in [1.54, 1.807) is 4.90 Å². The Bertz CT molecular complexity index is 405. The molecule has 1 aliphatic heterocycles. The maximum atomic E-state index is 12.1. The van der Waals surface area contributed by atoms with Crippen molar-refractivity contribution in [3.8, 4) is 5.75 Å². The second kappa shape index (κ2) is 7.87. The fraction of sp³-hybridized carbons (Fsp3) is 0.533. The SMILES string of the molecule is CN(CCCOc1ccccc1)C(=O)C1COCCN1. The Morgan fingerprint density at radius 1 is 1.45 bits per heavy atom. The van der Waals surface area contributed by atoms with Gasteiger partial charge in [0.1, 0.15) is 11.8 Å². The van der Waals surface area contributed by atoms with Crippen LogP contribution < -0.4 is 10.1 Å². The van der Waals surface area contributed by atoms with Crippen molar-refractivity contribution < 1.29 is 14.3 Å².